The number of nitrogens with zero attached hydrogens (tertiary/aromatic N) is 3. The molecule has 0 amide bonds. The zero-order chi connectivity index (χ0) is 22.0. The van der Waals surface area contributed by atoms with Crippen molar-refractivity contribution >= 4 is 38.6 Å². The van der Waals surface area contributed by atoms with Crippen molar-refractivity contribution in [3.05, 3.63) is 18.2 Å². The number of carbonyl (C=O) groups is 1. The summed E-state index contributed by atoms with van der Waals surface area (Å²) in [4.78, 5) is 16.9. The van der Waals surface area contributed by atoms with Gasteiger partial charge in [-0.25, -0.2) is 13.4 Å². The molecule has 0 saturated carbocycles. The van der Waals surface area contributed by atoms with E-state index in [2.05, 4.69) is 11.5 Å². The second-order valence-electron chi connectivity index (χ2n) is 8.58. The van der Waals surface area contributed by atoms with E-state index in [1.807, 2.05) is 13.0 Å². The highest BCUT2D eigenvalue weighted by molar-refractivity contribution is 7.99. The van der Waals surface area contributed by atoms with Gasteiger partial charge in [-0.2, -0.15) is 4.31 Å². The van der Waals surface area contributed by atoms with Crippen LogP contribution in [0.5, 0.6) is 0 Å². The number of aromatic nitrogens is 2. The molecule has 0 N–H and O–H groups in total. The van der Waals surface area contributed by atoms with Crippen LogP contribution < -0.4 is 0 Å². The molecule has 2 aliphatic rings. The first-order valence-electron chi connectivity index (χ1n) is 11.1. The number of imidazole rings is 1. The van der Waals surface area contributed by atoms with Gasteiger partial charge in [0.05, 0.1) is 34.3 Å². The summed E-state index contributed by atoms with van der Waals surface area (Å²) in [6, 6.07) is 5.22. The first-order valence-corrected chi connectivity index (χ1v) is 13.6. The van der Waals surface area contributed by atoms with Gasteiger partial charge in [-0.05, 0) is 49.8 Å². The SMILES string of the molecule is CCC(=O)CSc1nc2cc(S(=O)(=O)N3CCC[C@@H](C)C3)ccc2n1C[C@@H]1CCCO1. The molecule has 7 nitrogen and oxygen atoms in total. The van der Waals surface area contributed by atoms with Crippen molar-refractivity contribution in [1.82, 2.24) is 13.9 Å². The van der Waals surface area contributed by atoms with Crippen LogP contribution in [0.15, 0.2) is 28.3 Å². The number of Topliss-reactive ketones (excluding diaryl/α,β-unsaturated/α-hetero) is 1. The zero-order valence-electron chi connectivity index (χ0n) is 18.2. The number of thioether (sulfide) groups is 1. The Morgan fingerprint density at radius 1 is 1.29 bits per heavy atom. The average Bonchev–Trinajstić information content (AvgIpc) is 3.40. The minimum atomic E-state index is -3.54. The lowest BCUT2D eigenvalue weighted by atomic mass is 10.0. The smallest absolute Gasteiger partial charge is 0.243 e. The molecule has 9 heteroatoms. The molecule has 2 fully saturated rings. The molecular weight excluding hydrogens is 434 g/mol. The Morgan fingerprint density at radius 2 is 2.13 bits per heavy atom. The molecule has 2 aromatic rings. The fourth-order valence-corrected chi connectivity index (χ4v) is 6.89. The van der Waals surface area contributed by atoms with Gasteiger partial charge in [0.15, 0.2) is 5.16 Å². The lowest BCUT2D eigenvalue weighted by molar-refractivity contribution is -0.116. The second-order valence-corrected chi connectivity index (χ2v) is 11.5. The molecule has 1 aromatic heterocycles. The van der Waals surface area contributed by atoms with E-state index >= 15 is 0 Å². The van der Waals surface area contributed by atoms with Crippen LogP contribution in [0.4, 0.5) is 0 Å². The summed E-state index contributed by atoms with van der Waals surface area (Å²) in [7, 11) is -3.54. The van der Waals surface area contributed by atoms with Gasteiger partial charge >= 0.3 is 0 Å². The quantitative estimate of drug-likeness (QED) is 0.553. The van der Waals surface area contributed by atoms with Crippen LogP contribution in [-0.4, -0.2) is 59.6 Å². The van der Waals surface area contributed by atoms with E-state index in [1.165, 1.54) is 11.8 Å². The maximum atomic E-state index is 13.2. The van der Waals surface area contributed by atoms with E-state index in [4.69, 9.17) is 9.72 Å². The van der Waals surface area contributed by atoms with Gasteiger partial charge in [0.1, 0.15) is 5.78 Å². The number of fused-ring (bicyclic) bond motifs is 1. The van der Waals surface area contributed by atoms with Gasteiger partial charge in [-0.15, -0.1) is 0 Å². The number of carbonyl (C=O) groups excluding carboxylic acids is 1. The van der Waals surface area contributed by atoms with Crippen LogP contribution in [0.2, 0.25) is 0 Å². The molecular formula is C22H31N3O4S2. The van der Waals surface area contributed by atoms with Gasteiger partial charge in [-0.3, -0.25) is 4.79 Å². The molecule has 2 atom stereocenters. The van der Waals surface area contributed by atoms with Crippen LogP contribution in [0.1, 0.15) is 46.0 Å². The van der Waals surface area contributed by atoms with Gasteiger partial charge in [0, 0.05) is 26.1 Å². The maximum absolute atomic E-state index is 13.2. The Labute approximate surface area is 188 Å². The topological polar surface area (TPSA) is 81.5 Å². The summed E-state index contributed by atoms with van der Waals surface area (Å²) < 4.78 is 35.9. The summed E-state index contributed by atoms with van der Waals surface area (Å²) in [6.07, 6.45) is 4.62. The van der Waals surface area contributed by atoms with Crippen LogP contribution in [0.25, 0.3) is 11.0 Å². The lowest BCUT2D eigenvalue weighted by Crippen LogP contribution is -2.39. The Kier molecular flexibility index (Phi) is 7.05. The first kappa shape index (κ1) is 22.8. The molecule has 1 aromatic carbocycles. The maximum Gasteiger partial charge on any atom is 0.243 e. The Bertz CT molecular complexity index is 1040. The van der Waals surface area contributed by atoms with Crippen molar-refractivity contribution in [2.75, 3.05) is 25.4 Å². The Balaban J connectivity index is 1.67. The fourth-order valence-electron chi connectivity index (χ4n) is 4.29. The predicted octanol–water partition coefficient (Wildman–Crippen LogP) is 3.71. The highest BCUT2D eigenvalue weighted by Gasteiger charge is 2.29. The number of hydrogen-bond acceptors (Lipinski definition) is 6. The molecule has 4 rings (SSSR count). The van der Waals surface area contributed by atoms with E-state index < -0.39 is 10.0 Å². The molecule has 0 unspecified atom stereocenters. The third-order valence-electron chi connectivity index (χ3n) is 6.11. The molecule has 2 saturated heterocycles. The van der Waals surface area contributed by atoms with E-state index in [9.17, 15) is 13.2 Å². The van der Waals surface area contributed by atoms with Gasteiger partial charge in [0.25, 0.3) is 0 Å². The third-order valence-corrected chi connectivity index (χ3v) is 9.01. The lowest BCUT2D eigenvalue weighted by Gasteiger charge is -2.30. The van der Waals surface area contributed by atoms with E-state index in [1.54, 1.807) is 16.4 Å². The number of sulfonamides is 1. The van der Waals surface area contributed by atoms with E-state index in [0.29, 0.717) is 43.2 Å². The highest BCUT2D eigenvalue weighted by Crippen LogP contribution is 2.30. The number of ketones is 1. The molecule has 170 valence electrons. The number of ether oxygens (including phenoxy) is 1. The van der Waals surface area contributed by atoms with Crippen LogP contribution in [-0.2, 0) is 26.1 Å². The second kappa shape index (κ2) is 9.60. The van der Waals surface area contributed by atoms with Crippen molar-refractivity contribution in [2.45, 2.75) is 68.7 Å². The largest absolute Gasteiger partial charge is 0.376 e. The summed E-state index contributed by atoms with van der Waals surface area (Å²) in [5.41, 5.74) is 1.53. The van der Waals surface area contributed by atoms with E-state index in [0.717, 1.165) is 43.0 Å². The predicted molar refractivity (Wildman–Crippen MR) is 122 cm³/mol. The Hall–Kier alpha value is -1.42. The molecule has 0 radical (unpaired) electrons. The summed E-state index contributed by atoms with van der Waals surface area (Å²) >= 11 is 1.42. The average molecular weight is 466 g/mol. The minimum absolute atomic E-state index is 0.122. The van der Waals surface area contributed by atoms with Gasteiger partial charge in [-0.1, -0.05) is 25.6 Å². The third kappa shape index (κ3) is 4.99. The first-order chi connectivity index (χ1) is 14.9. The Morgan fingerprint density at radius 3 is 2.84 bits per heavy atom. The summed E-state index contributed by atoms with van der Waals surface area (Å²) in [5, 5.41) is 0.744. The van der Waals surface area contributed by atoms with E-state index in [-0.39, 0.29) is 16.8 Å². The molecule has 31 heavy (non-hydrogen) atoms. The fraction of sp³-hybridized carbons (Fsp3) is 0.636. The number of rotatable bonds is 8. The van der Waals surface area contributed by atoms with Crippen molar-refractivity contribution < 1.29 is 17.9 Å². The summed E-state index contributed by atoms with van der Waals surface area (Å²) in [6.45, 7) is 6.52. The van der Waals surface area contributed by atoms with Gasteiger partial charge in [0.2, 0.25) is 10.0 Å². The van der Waals surface area contributed by atoms with Gasteiger partial charge < -0.3 is 9.30 Å². The number of benzene rings is 1. The van der Waals surface area contributed by atoms with Crippen molar-refractivity contribution in [3.63, 3.8) is 0 Å². The monoisotopic (exact) mass is 465 g/mol. The number of piperidine rings is 1. The standard InChI is InChI=1S/C22H31N3O4S2/c1-3-17(26)15-30-22-23-20-12-19(31(27,28)24-10-4-6-16(2)13-24)8-9-21(20)25(22)14-18-7-5-11-29-18/h8-9,12,16,18H,3-7,10-11,13-15H2,1-2H3/t16-,18+/m1/s1. The number of hydrogen-bond donors (Lipinski definition) is 0. The van der Waals surface area contributed by atoms with Crippen molar-refractivity contribution in [2.24, 2.45) is 5.92 Å². The van der Waals surface area contributed by atoms with Crippen molar-refractivity contribution in [3.8, 4) is 0 Å². The van der Waals surface area contributed by atoms with Crippen LogP contribution >= 0.6 is 11.8 Å². The molecule has 3 heterocycles. The normalized spacial score (nSPS) is 22.9. The van der Waals surface area contributed by atoms with Crippen LogP contribution in [0.3, 0.4) is 0 Å². The zero-order valence-corrected chi connectivity index (χ0v) is 19.9. The van der Waals surface area contributed by atoms with Crippen molar-refractivity contribution in [1.29, 1.82) is 0 Å². The minimum Gasteiger partial charge on any atom is -0.376 e. The molecule has 2 aliphatic heterocycles. The molecule has 0 spiro atoms. The summed E-state index contributed by atoms with van der Waals surface area (Å²) in [5.74, 6) is 0.905. The van der Waals surface area contributed by atoms with Crippen LogP contribution in [0, 0.1) is 5.92 Å². The molecule has 0 aliphatic carbocycles. The molecule has 0 bridgehead atoms. The highest BCUT2D eigenvalue weighted by atomic mass is 32.2.